The van der Waals surface area contributed by atoms with Crippen molar-refractivity contribution in [2.75, 3.05) is 13.3 Å². The maximum Gasteiger partial charge on any atom is 0.253 e. The highest BCUT2D eigenvalue weighted by Gasteiger charge is 2.21. The molecule has 1 aromatic heterocycles. The third kappa shape index (κ3) is 4.36. The van der Waals surface area contributed by atoms with Crippen LogP contribution in [0.5, 0.6) is 0 Å². The molecule has 3 aromatic rings. The molecule has 0 saturated heterocycles. The van der Waals surface area contributed by atoms with Crippen LogP contribution in [0.1, 0.15) is 27.3 Å². The van der Waals surface area contributed by atoms with Crippen LogP contribution in [0.3, 0.4) is 0 Å². The first-order chi connectivity index (χ1) is 13.6. The highest BCUT2D eigenvalue weighted by Crippen LogP contribution is 2.24. The Bertz CT molecular complexity index is 1170. The molecule has 0 atom stereocenters. The third-order valence-corrected chi connectivity index (χ3v) is 6.34. The number of benzene rings is 2. The number of carbonyl (C=O) groups excluding carboxylic acids is 1. The van der Waals surface area contributed by atoms with Gasteiger partial charge in [-0.15, -0.1) is 0 Å². The highest BCUT2D eigenvalue weighted by molar-refractivity contribution is 7.90. The van der Waals surface area contributed by atoms with Crippen molar-refractivity contribution < 1.29 is 13.2 Å². The lowest BCUT2D eigenvalue weighted by molar-refractivity contribution is 0.0784. The molecule has 152 valence electrons. The smallest absolute Gasteiger partial charge is 0.253 e. The Labute approximate surface area is 175 Å². The average Bonchev–Trinajstić information content (AvgIpc) is 2.95. The molecule has 29 heavy (non-hydrogen) atoms. The molecule has 0 fully saturated rings. The minimum atomic E-state index is -3.53. The number of aryl methyl sites for hydroxylation is 1. The van der Waals surface area contributed by atoms with E-state index in [1.54, 1.807) is 11.9 Å². The molecule has 0 saturated carbocycles. The summed E-state index contributed by atoms with van der Waals surface area (Å²) < 4.78 is 25.6. The summed E-state index contributed by atoms with van der Waals surface area (Å²) in [6.07, 6.45) is 1.07. The summed E-state index contributed by atoms with van der Waals surface area (Å²) in [5.41, 5.74) is 3.94. The monoisotopic (exact) mass is 431 g/mol. The van der Waals surface area contributed by atoms with E-state index in [1.807, 2.05) is 48.9 Å². The van der Waals surface area contributed by atoms with E-state index in [-0.39, 0.29) is 21.4 Å². The largest absolute Gasteiger partial charge is 0.337 e. The maximum absolute atomic E-state index is 12.9. The van der Waals surface area contributed by atoms with Gasteiger partial charge in [-0.1, -0.05) is 29.8 Å². The number of halogens is 1. The van der Waals surface area contributed by atoms with Crippen LogP contribution in [0.25, 0.3) is 5.69 Å². The second-order valence-electron chi connectivity index (χ2n) is 6.98. The van der Waals surface area contributed by atoms with Gasteiger partial charge in [0.05, 0.1) is 21.3 Å². The van der Waals surface area contributed by atoms with Gasteiger partial charge in [-0.3, -0.25) is 4.79 Å². The van der Waals surface area contributed by atoms with Crippen LogP contribution in [-0.4, -0.2) is 42.3 Å². The van der Waals surface area contributed by atoms with Gasteiger partial charge in [0.25, 0.3) is 5.91 Å². The minimum absolute atomic E-state index is 0.0531. The molecule has 0 radical (unpaired) electrons. The predicted octanol–water partition coefficient (Wildman–Crippen LogP) is 3.82. The molecule has 1 heterocycles. The number of para-hydroxylation sites is 1. The first-order valence-electron chi connectivity index (χ1n) is 8.95. The van der Waals surface area contributed by atoms with Crippen molar-refractivity contribution in [3.8, 4) is 5.69 Å². The number of aromatic nitrogens is 2. The number of sulfone groups is 1. The van der Waals surface area contributed by atoms with Gasteiger partial charge in [0.15, 0.2) is 9.84 Å². The van der Waals surface area contributed by atoms with Crippen LogP contribution in [0.4, 0.5) is 0 Å². The molecule has 0 aliphatic rings. The van der Waals surface area contributed by atoms with Crippen LogP contribution in [0.15, 0.2) is 53.4 Å². The van der Waals surface area contributed by atoms with E-state index in [0.717, 1.165) is 28.9 Å². The van der Waals surface area contributed by atoms with Crippen molar-refractivity contribution in [3.63, 3.8) is 0 Å². The Morgan fingerprint density at radius 3 is 2.41 bits per heavy atom. The molecule has 2 aromatic carbocycles. The Balaban J connectivity index is 1.89. The lowest BCUT2D eigenvalue weighted by atomic mass is 10.1. The Morgan fingerprint density at radius 1 is 1.14 bits per heavy atom. The Morgan fingerprint density at radius 2 is 1.79 bits per heavy atom. The zero-order chi connectivity index (χ0) is 21.3. The summed E-state index contributed by atoms with van der Waals surface area (Å²) in [5, 5.41) is 4.71. The molecule has 0 aliphatic carbocycles. The number of rotatable bonds is 5. The predicted molar refractivity (Wildman–Crippen MR) is 113 cm³/mol. The van der Waals surface area contributed by atoms with Crippen molar-refractivity contribution in [2.45, 2.75) is 25.3 Å². The Kier molecular flexibility index (Phi) is 5.82. The molecule has 0 unspecified atom stereocenters. The van der Waals surface area contributed by atoms with Gasteiger partial charge in [0.2, 0.25) is 0 Å². The third-order valence-electron chi connectivity index (χ3n) is 4.76. The number of hydrogen-bond donors (Lipinski definition) is 0. The van der Waals surface area contributed by atoms with Crippen molar-refractivity contribution in [2.24, 2.45) is 0 Å². The fraction of sp³-hybridized carbons (Fsp3) is 0.238. The SMILES string of the molecule is Cc1nn(-c2ccccc2)c(C)c1CN(C)C(=O)c1ccc(Cl)c(S(C)(=O)=O)c1. The lowest BCUT2D eigenvalue weighted by Crippen LogP contribution is -2.27. The molecule has 0 spiro atoms. The van der Waals surface area contributed by atoms with E-state index in [9.17, 15) is 13.2 Å². The number of hydrogen-bond acceptors (Lipinski definition) is 4. The molecule has 6 nitrogen and oxygen atoms in total. The second kappa shape index (κ2) is 8.00. The molecular weight excluding hydrogens is 410 g/mol. The summed E-state index contributed by atoms with van der Waals surface area (Å²) in [5.74, 6) is -0.294. The molecule has 8 heteroatoms. The second-order valence-corrected chi connectivity index (χ2v) is 9.37. The van der Waals surface area contributed by atoms with Crippen LogP contribution >= 0.6 is 11.6 Å². The Hall–Kier alpha value is -2.64. The average molecular weight is 432 g/mol. The van der Waals surface area contributed by atoms with E-state index >= 15 is 0 Å². The molecule has 0 bridgehead atoms. The first kappa shape index (κ1) is 21.1. The van der Waals surface area contributed by atoms with E-state index in [0.29, 0.717) is 6.54 Å². The van der Waals surface area contributed by atoms with Crippen molar-refractivity contribution in [1.82, 2.24) is 14.7 Å². The van der Waals surface area contributed by atoms with E-state index in [4.69, 9.17) is 11.6 Å². The topological polar surface area (TPSA) is 72.3 Å². The maximum atomic E-state index is 12.9. The fourth-order valence-electron chi connectivity index (χ4n) is 3.17. The summed E-state index contributed by atoms with van der Waals surface area (Å²) in [6, 6.07) is 14.1. The number of amides is 1. The zero-order valence-corrected chi connectivity index (χ0v) is 18.3. The van der Waals surface area contributed by atoms with E-state index in [2.05, 4.69) is 5.10 Å². The molecule has 0 aliphatic heterocycles. The van der Waals surface area contributed by atoms with Gasteiger partial charge in [-0.2, -0.15) is 5.10 Å². The first-order valence-corrected chi connectivity index (χ1v) is 11.2. The summed E-state index contributed by atoms with van der Waals surface area (Å²) in [6.45, 7) is 4.22. The highest BCUT2D eigenvalue weighted by atomic mass is 35.5. The van der Waals surface area contributed by atoms with E-state index < -0.39 is 9.84 Å². The van der Waals surface area contributed by atoms with Crippen LogP contribution in [0, 0.1) is 13.8 Å². The van der Waals surface area contributed by atoms with Gasteiger partial charge in [-0.25, -0.2) is 13.1 Å². The van der Waals surface area contributed by atoms with Gasteiger partial charge in [0, 0.05) is 36.7 Å². The molecule has 1 amide bonds. The summed E-state index contributed by atoms with van der Waals surface area (Å²) in [4.78, 5) is 14.4. The summed E-state index contributed by atoms with van der Waals surface area (Å²) >= 11 is 5.98. The van der Waals surface area contributed by atoms with Gasteiger partial charge < -0.3 is 4.90 Å². The van der Waals surface area contributed by atoms with Crippen molar-refractivity contribution in [3.05, 3.63) is 76.1 Å². The quantitative estimate of drug-likeness (QED) is 0.615. The normalized spacial score (nSPS) is 11.5. The molecule has 0 N–H and O–H groups in total. The van der Waals surface area contributed by atoms with Crippen LogP contribution in [-0.2, 0) is 16.4 Å². The molecular formula is C21H22ClN3O3S. The van der Waals surface area contributed by atoms with Crippen LogP contribution in [0.2, 0.25) is 5.02 Å². The van der Waals surface area contributed by atoms with Crippen molar-refractivity contribution in [1.29, 1.82) is 0 Å². The van der Waals surface area contributed by atoms with Gasteiger partial charge >= 0.3 is 0 Å². The van der Waals surface area contributed by atoms with Gasteiger partial charge in [0.1, 0.15) is 0 Å². The molecule has 3 rings (SSSR count). The standard InChI is InChI=1S/C21H22ClN3O3S/c1-14-18(15(2)25(23-14)17-8-6-5-7-9-17)13-24(3)21(26)16-10-11-19(22)20(12-16)29(4,27)28/h5-12H,13H2,1-4H3. The lowest BCUT2D eigenvalue weighted by Gasteiger charge is -2.18. The minimum Gasteiger partial charge on any atom is -0.337 e. The van der Waals surface area contributed by atoms with Crippen molar-refractivity contribution >= 4 is 27.3 Å². The van der Waals surface area contributed by atoms with Crippen LogP contribution < -0.4 is 0 Å². The fourth-order valence-corrected chi connectivity index (χ4v) is 4.48. The van der Waals surface area contributed by atoms with Gasteiger partial charge in [-0.05, 0) is 44.2 Å². The number of nitrogens with zero attached hydrogens (tertiary/aromatic N) is 3. The van der Waals surface area contributed by atoms with E-state index in [1.165, 1.54) is 18.2 Å². The summed E-state index contributed by atoms with van der Waals surface area (Å²) in [7, 11) is -1.85. The zero-order valence-electron chi connectivity index (χ0n) is 16.7. The number of carbonyl (C=O) groups is 1.